The first-order chi connectivity index (χ1) is 17.8. The number of halogens is 3. The predicted octanol–water partition coefficient (Wildman–Crippen LogP) is 5.43. The third kappa shape index (κ3) is 5.72. The molecule has 4 rings (SSSR count). The van der Waals surface area contributed by atoms with Crippen LogP contribution < -0.4 is 10.2 Å². The SMILES string of the molecule is CC(C)N(C)Cc1cnnn1-c1cccc(C2=Nc3cc(N(C)C(C)C)c(C(F)(F)F)cc3NC(=O)C2)c1. The largest absolute Gasteiger partial charge is 0.418 e. The second kappa shape index (κ2) is 10.6. The highest BCUT2D eigenvalue weighted by Crippen LogP contribution is 2.43. The molecule has 8 nitrogen and oxygen atoms in total. The number of hydrogen-bond donors (Lipinski definition) is 1. The molecule has 1 amide bonds. The van der Waals surface area contributed by atoms with E-state index in [0.29, 0.717) is 23.9 Å². The van der Waals surface area contributed by atoms with Crippen molar-refractivity contribution in [2.24, 2.45) is 4.99 Å². The number of aliphatic imine (C=N–C) groups is 1. The van der Waals surface area contributed by atoms with E-state index in [-0.39, 0.29) is 29.5 Å². The van der Waals surface area contributed by atoms with Crippen LogP contribution in [0.3, 0.4) is 0 Å². The zero-order valence-electron chi connectivity index (χ0n) is 22.3. The van der Waals surface area contributed by atoms with Crippen LogP contribution in [0, 0.1) is 0 Å². The van der Waals surface area contributed by atoms with Gasteiger partial charge in [0.25, 0.3) is 0 Å². The van der Waals surface area contributed by atoms with Crippen molar-refractivity contribution in [2.75, 3.05) is 24.3 Å². The van der Waals surface area contributed by atoms with Crippen LogP contribution in [0.15, 0.2) is 47.6 Å². The topological polar surface area (TPSA) is 78.7 Å². The number of nitrogens with one attached hydrogen (secondary N) is 1. The summed E-state index contributed by atoms with van der Waals surface area (Å²) in [5.41, 5.74) is 2.23. The number of rotatable bonds is 7. The third-order valence-electron chi connectivity index (χ3n) is 6.77. The van der Waals surface area contributed by atoms with Gasteiger partial charge in [0, 0.05) is 25.7 Å². The minimum absolute atomic E-state index is 0.000722. The quantitative estimate of drug-likeness (QED) is 0.443. The Balaban J connectivity index is 1.78. The van der Waals surface area contributed by atoms with Crippen molar-refractivity contribution in [2.45, 2.75) is 58.9 Å². The van der Waals surface area contributed by atoms with Gasteiger partial charge in [-0.05, 0) is 64.6 Å². The van der Waals surface area contributed by atoms with E-state index >= 15 is 0 Å². The normalized spacial score (nSPS) is 14.0. The number of aromatic nitrogens is 3. The molecule has 2 aromatic carbocycles. The van der Waals surface area contributed by atoms with E-state index < -0.39 is 17.6 Å². The molecule has 1 aliphatic rings. The summed E-state index contributed by atoms with van der Waals surface area (Å²) in [4.78, 5) is 21.2. The molecule has 3 aromatic rings. The summed E-state index contributed by atoms with van der Waals surface area (Å²) in [6.07, 6.45) is -2.97. The van der Waals surface area contributed by atoms with Gasteiger partial charge < -0.3 is 10.2 Å². The first kappa shape index (κ1) is 27.3. The third-order valence-corrected chi connectivity index (χ3v) is 6.77. The lowest BCUT2D eigenvalue weighted by molar-refractivity contribution is -0.137. The smallest absolute Gasteiger partial charge is 0.372 e. The molecule has 0 unspecified atom stereocenters. The van der Waals surface area contributed by atoms with E-state index in [0.717, 1.165) is 17.4 Å². The van der Waals surface area contributed by atoms with E-state index in [2.05, 4.69) is 39.4 Å². The Morgan fingerprint density at radius 1 is 1.08 bits per heavy atom. The Labute approximate surface area is 220 Å². The molecule has 0 saturated carbocycles. The standard InChI is InChI=1S/C27H32F3N7O/c1-16(2)35(5)15-20-14-31-34-37(20)19-9-7-8-18(10-19)22-13-26(38)33-23-11-21(27(28,29)30)25(12-24(23)32-22)36(6)17(3)4/h7-12,14,16-17H,13,15H2,1-6H3,(H,33,38). The first-order valence-electron chi connectivity index (χ1n) is 12.4. The van der Waals surface area contributed by atoms with E-state index in [1.165, 1.54) is 6.07 Å². The van der Waals surface area contributed by atoms with E-state index in [1.54, 1.807) is 22.8 Å². The number of hydrogen-bond acceptors (Lipinski definition) is 6. The van der Waals surface area contributed by atoms with Gasteiger partial charge in [-0.3, -0.25) is 14.7 Å². The zero-order valence-corrected chi connectivity index (χ0v) is 22.3. The molecule has 202 valence electrons. The molecule has 1 N–H and O–H groups in total. The van der Waals surface area contributed by atoms with Crippen molar-refractivity contribution in [1.29, 1.82) is 0 Å². The number of amides is 1. The fourth-order valence-corrected chi connectivity index (χ4v) is 4.10. The van der Waals surface area contributed by atoms with Crippen molar-refractivity contribution < 1.29 is 18.0 Å². The summed E-state index contributed by atoms with van der Waals surface area (Å²) in [5.74, 6) is -0.439. The van der Waals surface area contributed by atoms with Crippen molar-refractivity contribution in [3.05, 3.63) is 59.4 Å². The van der Waals surface area contributed by atoms with Gasteiger partial charge in [0.05, 0.1) is 52.3 Å². The van der Waals surface area contributed by atoms with Crippen molar-refractivity contribution in [3.63, 3.8) is 0 Å². The second-order valence-corrected chi connectivity index (χ2v) is 10.1. The fraction of sp³-hybridized carbons (Fsp3) is 0.407. The molecule has 2 heterocycles. The van der Waals surface area contributed by atoms with Gasteiger partial charge in [-0.25, -0.2) is 4.68 Å². The first-order valence-corrected chi connectivity index (χ1v) is 12.4. The monoisotopic (exact) mass is 527 g/mol. The van der Waals surface area contributed by atoms with Crippen molar-refractivity contribution in [1.82, 2.24) is 19.9 Å². The average molecular weight is 528 g/mol. The van der Waals surface area contributed by atoms with E-state index in [4.69, 9.17) is 0 Å². The van der Waals surface area contributed by atoms with Gasteiger partial charge in [-0.1, -0.05) is 17.3 Å². The summed E-state index contributed by atoms with van der Waals surface area (Å²) < 4.78 is 43.5. The van der Waals surface area contributed by atoms with E-state index in [1.807, 2.05) is 45.2 Å². The number of benzene rings is 2. The molecule has 0 spiro atoms. The number of fused-ring (bicyclic) bond motifs is 1. The van der Waals surface area contributed by atoms with Crippen molar-refractivity contribution >= 4 is 28.7 Å². The van der Waals surface area contributed by atoms with Gasteiger partial charge in [0.2, 0.25) is 5.91 Å². The maximum absolute atomic E-state index is 13.9. The molecule has 38 heavy (non-hydrogen) atoms. The van der Waals surface area contributed by atoms with Gasteiger partial charge in [-0.15, -0.1) is 5.10 Å². The molecule has 0 aliphatic carbocycles. The Bertz CT molecular complexity index is 1360. The summed E-state index contributed by atoms with van der Waals surface area (Å²) in [6.45, 7) is 8.46. The average Bonchev–Trinajstić information content (AvgIpc) is 3.23. The van der Waals surface area contributed by atoms with Crippen LogP contribution >= 0.6 is 0 Å². The number of alkyl halides is 3. The molecule has 0 atom stereocenters. The number of carbonyl (C=O) groups excluding carboxylic acids is 1. The molecule has 1 aromatic heterocycles. The van der Waals surface area contributed by atoms with Crippen LogP contribution in [-0.2, 0) is 17.5 Å². The van der Waals surface area contributed by atoms with Crippen LogP contribution in [-0.4, -0.2) is 57.7 Å². The minimum atomic E-state index is -4.59. The number of nitrogens with zero attached hydrogens (tertiary/aromatic N) is 6. The maximum Gasteiger partial charge on any atom is 0.418 e. The van der Waals surface area contributed by atoms with Gasteiger partial charge >= 0.3 is 6.18 Å². The lowest BCUT2D eigenvalue weighted by Gasteiger charge is -2.28. The maximum atomic E-state index is 13.9. The minimum Gasteiger partial charge on any atom is -0.372 e. The highest BCUT2D eigenvalue weighted by atomic mass is 19.4. The fourth-order valence-electron chi connectivity index (χ4n) is 4.10. The van der Waals surface area contributed by atoms with E-state index in [9.17, 15) is 18.0 Å². The summed E-state index contributed by atoms with van der Waals surface area (Å²) in [5, 5.41) is 10.9. The number of carbonyl (C=O) groups is 1. The Kier molecular flexibility index (Phi) is 7.59. The molecule has 0 saturated heterocycles. The van der Waals surface area contributed by atoms with Crippen LogP contribution in [0.1, 0.15) is 50.9 Å². The number of anilines is 2. The van der Waals surface area contributed by atoms with Crippen LogP contribution in [0.4, 0.5) is 30.2 Å². The van der Waals surface area contributed by atoms with Crippen LogP contribution in [0.2, 0.25) is 0 Å². The van der Waals surface area contributed by atoms with Gasteiger partial charge in [0.15, 0.2) is 0 Å². The lowest BCUT2D eigenvalue weighted by atomic mass is 10.1. The summed E-state index contributed by atoms with van der Waals surface area (Å²) in [6, 6.07) is 9.91. The molecule has 0 radical (unpaired) electrons. The van der Waals surface area contributed by atoms with Gasteiger partial charge in [0.1, 0.15) is 0 Å². The van der Waals surface area contributed by atoms with Gasteiger partial charge in [-0.2, -0.15) is 13.2 Å². The molecular weight excluding hydrogens is 495 g/mol. The molecule has 0 bridgehead atoms. The lowest BCUT2D eigenvalue weighted by Crippen LogP contribution is -2.28. The van der Waals surface area contributed by atoms with Crippen LogP contribution in [0.5, 0.6) is 0 Å². The summed E-state index contributed by atoms with van der Waals surface area (Å²) >= 11 is 0. The molecule has 1 aliphatic heterocycles. The molecular formula is C27H32F3N7O. The molecule has 11 heteroatoms. The Hall–Kier alpha value is -3.73. The Morgan fingerprint density at radius 2 is 1.82 bits per heavy atom. The Morgan fingerprint density at radius 3 is 2.47 bits per heavy atom. The second-order valence-electron chi connectivity index (χ2n) is 10.1. The zero-order chi connectivity index (χ0) is 27.8. The van der Waals surface area contributed by atoms with Crippen LogP contribution in [0.25, 0.3) is 5.69 Å². The highest BCUT2D eigenvalue weighted by Gasteiger charge is 2.36. The highest BCUT2D eigenvalue weighted by molar-refractivity contribution is 6.17. The summed E-state index contributed by atoms with van der Waals surface area (Å²) in [7, 11) is 3.63. The molecule has 0 fully saturated rings. The van der Waals surface area contributed by atoms with Crippen molar-refractivity contribution in [3.8, 4) is 5.69 Å². The predicted molar refractivity (Wildman–Crippen MR) is 142 cm³/mol.